The van der Waals surface area contributed by atoms with Gasteiger partial charge in [-0.3, -0.25) is 9.89 Å². The molecular weight excluding hydrogens is 409 g/mol. The summed E-state index contributed by atoms with van der Waals surface area (Å²) in [4.78, 5) is 14.0. The quantitative estimate of drug-likeness (QED) is 0.510. The van der Waals surface area contributed by atoms with Gasteiger partial charge in [-0.25, -0.2) is 4.39 Å². The van der Waals surface area contributed by atoms with Gasteiger partial charge in [-0.05, 0) is 69.3 Å². The van der Waals surface area contributed by atoms with Crippen LogP contribution in [-0.2, 0) is 0 Å². The number of hydrogen-bond acceptors (Lipinski definition) is 5. The van der Waals surface area contributed by atoms with Crippen molar-refractivity contribution in [1.29, 1.82) is 0 Å². The molecule has 1 aromatic heterocycles. The average Bonchev–Trinajstić information content (AvgIpc) is 3.21. The molecule has 1 N–H and O–H groups in total. The summed E-state index contributed by atoms with van der Waals surface area (Å²) in [5.41, 5.74) is 2.43. The van der Waals surface area contributed by atoms with Crippen molar-refractivity contribution in [2.75, 3.05) is 33.4 Å². The number of benzene rings is 2. The van der Waals surface area contributed by atoms with Crippen molar-refractivity contribution in [3.63, 3.8) is 0 Å². The lowest BCUT2D eigenvalue weighted by molar-refractivity contribution is 0.101. The van der Waals surface area contributed by atoms with Gasteiger partial charge >= 0.3 is 0 Å². The highest BCUT2D eigenvalue weighted by Crippen LogP contribution is 2.32. The summed E-state index contributed by atoms with van der Waals surface area (Å²) in [5.74, 6) is 1.73. The second kappa shape index (κ2) is 9.69. The summed E-state index contributed by atoms with van der Waals surface area (Å²) in [6.07, 6.45) is 2.07. The van der Waals surface area contributed by atoms with Crippen molar-refractivity contribution in [2.45, 2.75) is 32.6 Å². The van der Waals surface area contributed by atoms with Crippen molar-refractivity contribution < 1.29 is 18.7 Å². The Morgan fingerprint density at radius 3 is 2.72 bits per heavy atom. The molecule has 170 valence electrons. The fourth-order valence-electron chi connectivity index (χ4n) is 4.44. The predicted octanol–water partition coefficient (Wildman–Crippen LogP) is 4.81. The monoisotopic (exact) mass is 439 g/mol. The third-order valence-electron chi connectivity index (χ3n) is 6.19. The van der Waals surface area contributed by atoms with E-state index in [0.717, 1.165) is 49.1 Å². The largest absolute Gasteiger partial charge is 0.493 e. The number of carbonyl (C=O) groups excluding carboxylic acids is 1. The number of Topliss-reactive ketones (excluding diaryl/α,β-unsaturated/α-hetero) is 1. The molecular formula is C25H30FN3O3. The number of fused-ring (bicyclic) bond motifs is 1. The number of ketones is 1. The van der Waals surface area contributed by atoms with Crippen LogP contribution in [0.15, 0.2) is 36.4 Å². The second-order valence-corrected chi connectivity index (χ2v) is 8.71. The highest BCUT2D eigenvalue weighted by Gasteiger charge is 2.25. The van der Waals surface area contributed by atoms with Gasteiger partial charge < -0.3 is 14.4 Å². The van der Waals surface area contributed by atoms with Gasteiger partial charge in [0, 0.05) is 29.3 Å². The van der Waals surface area contributed by atoms with Gasteiger partial charge in [-0.15, -0.1) is 0 Å². The van der Waals surface area contributed by atoms with Crippen LogP contribution in [0.2, 0.25) is 0 Å². The third-order valence-corrected chi connectivity index (χ3v) is 6.19. The summed E-state index contributed by atoms with van der Waals surface area (Å²) in [5, 5.41) is 8.48. The molecule has 1 saturated heterocycles. The van der Waals surface area contributed by atoms with E-state index in [4.69, 9.17) is 9.47 Å². The van der Waals surface area contributed by atoms with Crippen LogP contribution < -0.4 is 9.47 Å². The number of likely N-dealkylation sites (tertiary alicyclic amines) is 1. The van der Waals surface area contributed by atoms with Crippen LogP contribution in [-0.4, -0.2) is 54.2 Å². The Morgan fingerprint density at radius 2 is 2.00 bits per heavy atom. The number of aromatic nitrogens is 2. The minimum atomic E-state index is -0.244. The van der Waals surface area contributed by atoms with Gasteiger partial charge in [-0.2, -0.15) is 5.10 Å². The maximum atomic E-state index is 13.4. The van der Waals surface area contributed by atoms with Crippen LogP contribution in [0.25, 0.3) is 10.9 Å². The first-order valence-electron chi connectivity index (χ1n) is 11.1. The van der Waals surface area contributed by atoms with Crippen molar-refractivity contribution >= 4 is 16.7 Å². The highest BCUT2D eigenvalue weighted by atomic mass is 19.1. The number of methoxy groups -OCH3 is 1. The lowest BCUT2D eigenvalue weighted by atomic mass is 9.91. The van der Waals surface area contributed by atoms with E-state index in [1.54, 1.807) is 25.3 Å². The first kappa shape index (κ1) is 22.3. The third kappa shape index (κ3) is 4.93. The van der Waals surface area contributed by atoms with E-state index in [1.165, 1.54) is 19.1 Å². The average molecular weight is 440 g/mol. The van der Waals surface area contributed by atoms with E-state index < -0.39 is 0 Å². The van der Waals surface area contributed by atoms with Crippen LogP contribution in [0.5, 0.6) is 11.5 Å². The molecule has 0 unspecified atom stereocenters. The zero-order valence-corrected chi connectivity index (χ0v) is 18.9. The summed E-state index contributed by atoms with van der Waals surface area (Å²) in [6, 6.07) is 10.1. The fourth-order valence-corrected chi connectivity index (χ4v) is 4.44. The molecule has 2 heterocycles. The van der Waals surface area contributed by atoms with Gasteiger partial charge in [0.2, 0.25) is 0 Å². The van der Waals surface area contributed by atoms with Crippen molar-refractivity contribution in [3.05, 3.63) is 53.5 Å². The minimum Gasteiger partial charge on any atom is -0.493 e. The first-order chi connectivity index (χ1) is 15.4. The van der Waals surface area contributed by atoms with Crippen LogP contribution in [0.1, 0.15) is 48.7 Å². The Labute approximate surface area is 187 Å². The molecule has 3 aromatic rings. The molecule has 0 saturated carbocycles. The molecule has 0 aliphatic carbocycles. The predicted molar refractivity (Wildman–Crippen MR) is 122 cm³/mol. The van der Waals surface area contributed by atoms with Crippen molar-refractivity contribution in [1.82, 2.24) is 15.1 Å². The van der Waals surface area contributed by atoms with E-state index in [-0.39, 0.29) is 11.6 Å². The molecule has 1 aliphatic rings. The Bertz CT molecular complexity index is 1090. The van der Waals surface area contributed by atoms with E-state index in [1.807, 2.05) is 6.07 Å². The lowest BCUT2D eigenvalue weighted by Crippen LogP contribution is -2.37. The van der Waals surface area contributed by atoms with E-state index in [2.05, 4.69) is 22.0 Å². The number of aromatic amines is 1. The molecule has 1 aliphatic heterocycles. The van der Waals surface area contributed by atoms with E-state index >= 15 is 0 Å². The summed E-state index contributed by atoms with van der Waals surface area (Å²) in [6.45, 7) is 7.24. The smallest absolute Gasteiger partial charge is 0.161 e. The number of halogens is 1. The number of nitrogens with one attached hydrogen (secondary N) is 1. The zero-order valence-electron chi connectivity index (χ0n) is 18.9. The first-order valence-corrected chi connectivity index (χ1v) is 11.1. The van der Waals surface area contributed by atoms with Crippen LogP contribution in [0, 0.1) is 11.7 Å². The number of rotatable bonds is 8. The van der Waals surface area contributed by atoms with Crippen LogP contribution in [0.3, 0.4) is 0 Å². The molecule has 32 heavy (non-hydrogen) atoms. The Hall–Kier alpha value is -2.93. The van der Waals surface area contributed by atoms with Gasteiger partial charge in [0.1, 0.15) is 5.82 Å². The van der Waals surface area contributed by atoms with Gasteiger partial charge in [-0.1, -0.05) is 6.92 Å². The molecule has 7 heteroatoms. The number of piperidine rings is 1. The van der Waals surface area contributed by atoms with Crippen LogP contribution in [0.4, 0.5) is 4.39 Å². The SMILES string of the molecule is COc1cc(C(C)=O)ccc1OC[C@@H](C)CN1CCC(c2n[nH]c3cc(F)ccc23)CC1. The standard InChI is InChI=1S/C25H30FN3O3/c1-16(15-32-23-7-4-19(17(2)30)12-24(23)31-3)14-29-10-8-18(9-11-29)25-21-6-5-20(26)13-22(21)27-28-25/h4-7,12-13,16,18H,8-11,14-15H2,1-3H3,(H,27,28)/t16-/m0/s1. The summed E-state index contributed by atoms with van der Waals surface area (Å²) >= 11 is 0. The van der Waals surface area contributed by atoms with E-state index in [9.17, 15) is 9.18 Å². The molecule has 1 fully saturated rings. The summed E-state index contributed by atoms with van der Waals surface area (Å²) < 4.78 is 24.8. The maximum Gasteiger partial charge on any atom is 0.161 e. The number of carbonyl (C=O) groups is 1. The zero-order chi connectivity index (χ0) is 22.7. The van der Waals surface area contributed by atoms with Gasteiger partial charge in [0.05, 0.1) is 24.9 Å². The Kier molecular flexibility index (Phi) is 6.74. The van der Waals surface area contributed by atoms with Gasteiger partial charge in [0.25, 0.3) is 0 Å². The number of H-pyrrole nitrogens is 1. The van der Waals surface area contributed by atoms with Crippen molar-refractivity contribution in [2.24, 2.45) is 5.92 Å². The molecule has 0 amide bonds. The summed E-state index contributed by atoms with van der Waals surface area (Å²) in [7, 11) is 1.58. The Morgan fingerprint density at radius 1 is 1.22 bits per heavy atom. The molecule has 2 aromatic carbocycles. The molecule has 0 spiro atoms. The molecule has 0 radical (unpaired) electrons. The lowest BCUT2D eigenvalue weighted by Gasteiger charge is -2.33. The topological polar surface area (TPSA) is 67.5 Å². The fraction of sp³-hybridized carbons (Fsp3) is 0.440. The number of ether oxygens (including phenoxy) is 2. The number of nitrogens with zero attached hydrogens (tertiary/aromatic N) is 2. The Balaban J connectivity index is 1.28. The molecule has 0 bridgehead atoms. The number of hydrogen-bond donors (Lipinski definition) is 1. The molecule has 1 atom stereocenters. The normalized spacial score (nSPS) is 16.2. The van der Waals surface area contributed by atoms with Gasteiger partial charge in [0.15, 0.2) is 17.3 Å². The minimum absolute atomic E-state index is 0.00150. The second-order valence-electron chi connectivity index (χ2n) is 8.71. The molecule has 4 rings (SSSR count). The van der Waals surface area contributed by atoms with E-state index in [0.29, 0.717) is 35.5 Å². The van der Waals surface area contributed by atoms with Crippen molar-refractivity contribution in [3.8, 4) is 11.5 Å². The molecule has 6 nitrogen and oxygen atoms in total. The van der Waals surface area contributed by atoms with Crippen LogP contribution >= 0.6 is 0 Å². The highest BCUT2D eigenvalue weighted by molar-refractivity contribution is 5.94. The maximum absolute atomic E-state index is 13.4.